The Hall–Kier alpha value is -1.22. The molecule has 0 atom stereocenters. The van der Waals surface area contributed by atoms with Gasteiger partial charge in [-0.15, -0.1) is 0 Å². The van der Waals surface area contributed by atoms with Crippen LogP contribution >= 0.6 is 0 Å². The minimum absolute atomic E-state index is 0.233. The predicted molar refractivity (Wildman–Crippen MR) is 69.8 cm³/mol. The topological polar surface area (TPSA) is 49.5 Å². The molecule has 0 aromatic heterocycles. The van der Waals surface area contributed by atoms with Crippen molar-refractivity contribution in [1.29, 1.82) is 0 Å². The Labute approximate surface area is 97.9 Å². The number of nitrogens with zero attached hydrogens (tertiary/aromatic N) is 1. The van der Waals surface area contributed by atoms with Crippen LogP contribution in [-0.2, 0) is 0 Å². The normalized spacial score (nSPS) is 10.8. The number of aliphatic hydroxyl groups is 1. The molecule has 0 aliphatic heterocycles. The van der Waals surface area contributed by atoms with Gasteiger partial charge in [0.05, 0.1) is 0 Å². The number of aryl methyl sites for hydroxylation is 1. The summed E-state index contributed by atoms with van der Waals surface area (Å²) in [6.07, 6.45) is 0.794. The molecule has 1 aromatic rings. The molecule has 0 saturated heterocycles. The van der Waals surface area contributed by atoms with Crippen LogP contribution in [0.5, 0.6) is 0 Å². The maximum absolute atomic E-state index is 8.91. The van der Waals surface area contributed by atoms with Crippen molar-refractivity contribution in [3.63, 3.8) is 0 Å². The van der Waals surface area contributed by atoms with Crippen LogP contribution in [0, 0.1) is 6.92 Å². The summed E-state index contributed by atoms with van der Waals surface area (Å²) in [5.74, 6) is 0. The van der Waals surface area contributed by atoms with Gasteiger partial charge in [0, 0.05) is 30.6 Å². The molecule has 0 aliphatic rings. The van der Waals surface area contributed by atoms with Crippen molar-refractivity contribution >= 4 is 11.4 Å². The number of nitrogens with two attached hydrogens (primary N) is 1. The van der Waals surface area contributed by atoms with E-state index in [4.69, 9.17) is 10.8 Å². The third kappa shape index (κ3) is 3.14. The number of rotatable bonds is 5. The van der Waals surface area contributed by atoms with Gasteiger partial charge in [-0.1, -0.05) is 0 Å². The first-order chi connectivity index (χ1) is 7.56. The van der Waals surface area contributed by atoms with Gasteiger partial charge in [0.1, 0.15) is 0 Å². The van der Waals surface area contributed by atoms with Gasteiger partial charge in [-0.3, -0.25) is 0 Å². The molecule has 0 fully saturated rings. The average Bonchev–Trinajstić information content (AvgIpc) is 2.20. The quantitative estimate of drug-likeness (QED) is 0.751. The molecule has 3 N–H and O–H groups in total. The summed E-state index contributed by atoms with van der Waals surface area (Å²) in [5.41, 5.74) is 8.94. The van der Waals surface area contributed by atoms with Crippen molar-refractivity contribution in [2.45, 2.75) is 33.2 Å². The summed E-state index contributed by atoms with van der Waals surface area (Å²) in [6.45, 7) is 7.50. The summed E-state index contributed by atoms with van der Waals surface area (Å²) >= 11 is 0. The van der Waals surface area contributed by atoms with Crippen LogP contribution < -0.4 is 10.6 Å². The number of anilines is 2. The minimum atomic E-state index is 0.233. The monoisotopic (exact) mass is 222 g/mol. The lowest BCUT2D eigenvalue weighted by Crippen LogP contribution is -2.32. The van der Waals surface area contributed by atoms with Crippen molar-refractivity contribution < 1.29 is 5.11 Å². The number of hydrogen-bond donors (Lipinski definition) is 2. The van der Waals surface area contributed by atoms with E-state index in [2.05, 4.69) is 31.7 Å². The second kappa shape index (κ2) is 5.75. The van der Waals surface area contributed by atoms with E-state index in [1.807, 2.05) is 12.1 Å². The number of nitrogen functional groups attached to an aromatic ring is 1. The van der Waals surface area contributed by atoms with E-state index < -0.39 is 0 Å². The maximum Gasteiger partial charge on any atom is 0.0447 e. The van der Waals surface area contributed by atoms with Gasteiger partial charge < -0.3 is 15.7 Å². The molecule has 3 heteroatoms. The number of hydrogen-bond acceptors (Lipinski definition) is 3. The Morgan fingerprint density at radius 1 is 1.38 bits per heavy atom. The van der Waals surface area contributed by atoms with Crippen molar-refractivity contribution in [2.24, 2.45) is 0 Å². The van der Waals surface area contributed by atoms with Crippen LogP contribution in [0.25, 0.3) is 0 Å². The van der Waals surface area contributed by atoms with Gasteiger partial charge in [0.15, 0.2) is 0 Å². The SMILES string of the molecule is Cc1cc(N)ccc1N(CCCO)C(C)C. The molecular formula is C13H22N2O. The molecular weight excluding hydrogens is 200 g/mol. The molecule has 1 aromatic carbocycles. The third-order valence-electron chi connectivity index (χ3n) is 2.71. The molecule has 0 unspecified atom stereocenters. The number of aliphatic hydroxyl groups excluding tert-OH is 1. The molecule has 0 saturated carbocycles. The van der Waals surface area contributed by atoms with Gasteiger partial charge in [0.25, 0.3) is 0 Å². The molecule has 0 heterocycles. The lowest BCUT2D eigenvalue weighted by Gasteiger charge is -2.30. The first-order valence-corrected chi connectivity index (χ1v) is 5.80. The second-order valence-corrected chi connectivity index (χ2v) is 4.41. The van der Waals surface area contributed by atoms with Crippen molar-refractivity contribution in [2.75, 3.05) is 23.8 Å². The highest BCUT2D eigenvalue weighted by atomic mass is 16.3. The largest absolute Gasteiger partial charge is 0.399 e. The Balaban J connectivity index is 2.92. The highest BCUT2D eigenvalue weighted by Gasteiger charge is 2.12. The first-order valence-electron chi connectivity index (χ1n) is 5.80. The second-order valence-electron chi connectivity index (χ2n) is 4.41. The molecule has 90 valence electrons. The fraction of sp³-hybridized carbons (Fsp3) is 0.538. The first kappa shape index (κ1) is 12.8. The van der Waals surface area contributed by atoms with Gasteiger partial charge in [0.2, 0.25) is 0 Å². The lowest BCUT2D eigenvalue weighted by molar-refractivity contribution is 0.288. The zero-order valence-corrected chi connectivity index (χ0v) is 10.4. The van der Waals surface area contributed by atoms with Crippen LogP contribution in [0.15, 0.2) is 18.2 Å². The summed E-state index contributed by atoms with van der Waals surface area (Å²) in [7, 11) is 0. The van der Waals surface area contributed by atoms with Gasteiger partial charge in [-0.05, 0) is 51.0 Å². The molecule has 0 aliphatic carbocycles. The smallest absolute Gasteiger partial charge is 0.0447 e. The van der Waals surface area contributed by atoms with Crippen molar-refractivity contribution in [1.82, 2.24) is 0 Å². The van der Waals surface area contributed by atoms with Gasteiger partial charge >= 0.3 is 0 Å². The molecule has 0 amide bonds. The average molecular weight is 222 g/mol. The van der Waals surface area contributed by atoms with Gasteiger partial charge in [-0.2, -0.15) is 0 Å². The van der Waals surface area contributed by atoms with E-state index >= 15 is 0 Å². The van der Waals surface area contributed by atoms with E-state index in [1.54, 1.807) is 0 Å². The molecule has 1 rings (SSSR count). The summed E-state index contributed by atoms with van der Waals surface area (Å²) < 4.78 is 0. The van der Waals surface area contributed by atoms with Crippen LogP contribution in [-0.4, -0.2) is 24.3 Å². The fourth-order valence-electron chi connectivity index (χ4n) is 1.90. The minimum Gasteiger partial charge on any atom is -0.399 e. The Morgan fingerprint density at radius 3 is 2.56 bits per heavy atom. The number of benzene rings is 1. The van der Waals surface area contributed by atoms with E-state index in [0.29, 0.717) is 6.04 Å². The van der Waals surface area contributed by atoms with E-state index in [9.17, 15) is 0 Å². The van der Waals surface area contributed by atoms with E-state index in [-0.39, 0.29) is 6.61 Å². The predicted octanol–water partition coefficient (Wildman–Crippen LogP) is 2.17. The Bertz CT molecular complexity index is 337. The van der Waals surface area contributed by atoms with Crippen molar-refractivity contribution in [3.05, 3.63) is 23.8 Å². The Kier molecular flexibility index (Phi) is 4.62. The third-order valence-corrected chi connectivity index (χ3v) is 2.71. The lowest BCUT2D eigenvalue weighted by atomic mass is 10.1. The van der Waals surface area contributed by atoms with Crippen LogP contribution in [0.2, 0.25) is 0 Å². The Morgan fingerprint density at radius 2 is 2.06 bits per heavy atom. The summed E-state index contributed by atoms with van der Waals surface area (Å²) in [5, 5.41) is 8.91. The highest BCUT2D eigenvalue weighted by Crippen LogP contribution is 2.24. The zero-order chi connectivity index (χ0) is 12.1. The van der Waals surface area contributed by atoms with Gasteiger partial charge in [-0.25, -0.2) is 0 Å². The zero-order valence-electron chi connectivity index (χ0n) is 10.4. The molecule has 3 nitrogen and oxygen atoms in total. The van der Waals surface area contributed by atoms with Crippen molar-refractivity contribution in [3.8, 4) is 0 Å². The molecule has 16 heavy (non-hydrogen) atoms. The molecule has 0 spiro atoms. The summed E-state index contributed by atoms with van der Waals surface area (Å²) in [6, 6.07) is 6.40. The van der Waals surface area contributed by atoms with Crippen LogP contribution in [0.3, 0.4) is 0 Å². The van der Waals surface area contributed by atoms with Crippen LogP contribution in [0.4, 0.5) is 11.4 Å². The maximum atomic E-state index is 8.91. The summed E-state index contributed by atoms with van der Waals surface area (Å²) in [4.78, 5) is 2.30. The standard InChI is InChI=1S/C13H22N2O/c1-10(2)15(7-4-8-16)13-6-5-12(14)9-11(13)3/h5-6,9-10,16H,4,7-8,14H2,1-3H3. The van der Waals surface area contributed by atoms with E-state index in [0.717, 1.165) is 18.7 Å². The van der Waals surface area contributed by atoms with E-state index in [1.165, 1.54) is 11.3 Å². The fourth-order valence-corrected chi connectivity index (χ4v) is 1.90. The molecule has 0 radical (unpaired) electrons. The van der Waals surface area contributed by atoms with Crippen LogP contribution in [0.1, 0.15) is 25.8 Å². The highest BCUT2D eigenvalue weighted by molar-refractivity contribution is 5.59. The molecule has 0 bridgehead atoms.